The molecule has 1 amide bonds. The summed E-state index contributed by atoms with van der Waals surface area (Å²) in [6.07, 6.45) is 0. The van der Waals surface area contributed by atoms with Gasteiger partial charge in [-0.2, -0.15) is 0 Å². The molecule has 0 heterocycles. The molecule has 0 saturated carbocycles. The standard InChI is InChI=1S/C15H11BrClNO3/c1-21-15(20)10-4-2-9(3-5-10)14(19)18-13-7-6-11(16)8-12(13)17/h2-8H,1H3,(H,18,19). The SMILES string of the molecule is COC(=O)c1ccc(C(=O)Nc2ccc(Br)cc2Cl)cc1. The van der Waals surface area contributed by atoms with Crippen LogP contribution in [0.25, 0.3) is 0 Å². The molecule has 0 fully saturated rings. The second kappa shape index (κ2) is 6.74. The van der Waals surface area contributed by atoms with Crippen molar-refractivity contribution in [3.8, 4) is 0 Å². The zero-order valence-electron chi connectivity index (χ0n) is 11.0. The molecule has 108 valence electrons. The molecule has 0 radical (unpaired) electrons. The molecule has 6 heteroatoms. The van der Waals surface area contributed by atoms with Crippen LogP contribution in [0.3, 0.4) is 0 Å². The first-order valence-corrected chi connectivity index (χ1v) is 7.13. The predicted octanol–water partition coefficient (Wildman–Crippen LogP) is 4.14. The van der Waals surface area contributed by atoms with Gasteiger partial charge in [-0.25, -0.2) is 4.79 Å². The molecule has 0 saturated heterocycles. The van der Waals surface area contributed by atoms with Gasteiger partial charge in [0.1, 0.15) is 0 Å². The number of nitrogens with one attached hydrogen (secondary N) is 1. The molecule has 2 aromatic carbocycles. The highest BCUT2D eigenvalue weighted by molar-refractivity contribution is 9.10. The van der Waals surface area contributed by atoms with Gasteiger partial charge in [0, 0.05) is 10.0 Å². The minimum atomic E-state index is -0.446. The van der Waals surface area contributed by atoms with Gasteiger partial charge in [0.2, 0.25) is 0 Å². The summed E-state index contributed by atoms with van der Waals surface area (Å²) in [5.74, 6) is -0.756. The van der Waals surface area contributed by atoms with E-state index in [-0.39, 0.29) is 5.91 Å². The van der Waals surface area contributed by atoms with Gasteiger partial charge in [-0.05, 0) is 42.5 Å². The van der Waals surface area contributed by atoms with Crippen molar-refractivity contribution in [2.24, 2.45) is 0 Å². The highest BCUT2D eigenvalue weighted by Crippen LogP contribution is 2.26. The van der Waals surface area contributed by atoms with Crippen LogP contribution in [0.15, 0.2) is 46.9 Å². The van der Waals surface area contributed by atoms with E-state index in [4.69, 9.17) is 11.6 Å². The molecule has 0 aliphatic rings. The van der Waals surface area contributed by atoms with Crippen molar-refractivity contribution in [1.29, 1.82) is 0 Å². The van der Waals surface area contributed by atoms with E-state index < -0.39 is 5.97 Å². The number of benzene rings is 2. The number of ether oxygens (including phenoxy) is 1. The fraction of sp³-hybridized carbons (Fsp3) is 0.0667. The fourth-order valence-corrected chi connectivity index (χ4v) is 2.38. The second-order valence-corrected chi connectivity index (χ2v) is 5.47. The molecule has 0 atom stereocenters. The van der Waals surface area contributed by atoms with Crippen LogP contribution in [-0.4, -0.2) is 19.0 Å². The van der Waals surface area contributed by atoms with Crippen LogP contribution >= 0.6 is 27.5 Å². The third-order valence-electron chi connectivity index (χ3n) is 2.75. The molecule has 4 nitrogen and oxygen atoms in total. The lowest BCUT2D eigenvalue weighted by atomic mass is 10.1. The fourth-order valence-electron chi connectivity index (χ4n) is 1.66. The molecule has 0 spiro atoms. The van der Waals surface area contributed by atoms with Crippen LogP contribution in [0.1, 0.15) is 20.7 Å². The molecular weight excluding hydrogens is 358 g/mol. The lowest BCUT2D eigenvalue weighted by Crippen LogP contribution is -2.12. The summed E-state index contributed by atoms with van der Waals surface area (Å²) in [7, 11) is 1.30. The zero-order chi connectivity index (χ0) is 15.4. The van der Waals surface area contributed by atoms with Gasteiger partial charge in [0.25, 0.3) is 5.91 Å². The predicted molar refractivity (Wildman–Crippen MR) is 84.9 cm³/mol. The second-order valence-electron chi connectivity index (χ2n) is 4.15. The van der Waals surface area contributed by atoms with Gasteiger partial charge < -0.3 is 10.1 Å². The molecule has 0 aliphatic carbocycles. The molecule has 0 bridgehead atoms. The minimum absolute atomic E-state index is 0.310. The minimum Gasteiger partial charge on any atom is -0.465 e. The van der Waals surface area contributed by atoms with E-state index in [9.17, 15) is 9.59 Å². The number of halogens is 2. The van der Waals surface area contributed by atoms with Crippen LogP contribution < -0.4 is 5.32 Å². The molecule has 2 rings (SSSR count). The van der Waals surface area contributed by atoms with Crippen molar-refractivity contribution in [2.75, 3.05) is 12.4 Å². The topological polar surface area (TPSA) is 55.4 Å². The lowest BCUT2D eigenvalue weighted by molar-refractivity contribution is 0.0600. The van der Waals surface area contributed by atoms with Gasteiger partial charge in [-0.1, -0.05) is 27.5 Å². The Morgan fingerprint density at radius 1 is 1.10 bits per heavy atom. The Kier molecular flexibility index (Phi) is 4.98. The van der Waals surface area contributed by atoms with E-state index in [2.05, 4.69) is 26.0 Å². The average Bonchev–Trinajstić information content (AvgIpc) is 2.49. The van der Waals surface area contributed by atoms with Crippen molar-refractivity contribution in [3.05, 3.63) is 63.1 Å². The Hall–Kier alpha value is -1.85. The average molecular weight is 369 g/mol. The van der Waals surface area contributed by atoms with E-state index in [0.717, 1.165) is 4.47 Å². The monoisotopic (exact) mass is 367 g/mol. The number of methoxy groups -OCH3 is 1. The largest absolute Gasteiger partial charge is 0.465 e. The smallest absolute Gasteiger partial charge is 0.337 e. The van der Waals surface area contributed by atoms with Crippen LogP contribution in [0, 0.1) is 0 Å². The Balaban J connectivity index is 2.15. The van der Waals surface area contributed by atoms with E-state index in [0.29, 0.717) is 21.8 Å². The summed E-state index contributed by atoms with van der Waals surface area (Å²) in [6.45, 7) is 0. The highest BCUT2D eigenvalue weighted by Gasteiger charge is 2.10. The van der Waals surface area contributed by atoms with Crippen molar-refractivity contribution in [3.63, 3.8) is 0 Å². The summed E-state index contributed by atoms with van der Waals surface area (Å²) < 4.78 is 5.42. The molecule has 2 aromatic rings. The number of carbonyl (C=O) groups excluding carboxylic acids is 2. The Bertz CT molecular complexity index is 686. The number of hydrogen-bond acceptors (Lipinski definition) is 3. The van der Waals surface area contributed by atoms with Gasteiger partial charge in [0.15, 0.2) is 0 Å². The van der Waals surface area contributed by atoms with Gasteiger partial charge in [-0.3, -0.25) is 4.79 Å². The van der Waals surface area contributed by atoms with Gasteiger partial charge in [0.05, 0.1) is 23.4 Å². The third kappa shape index (κ3) is 3.83. The highest BCUT2D eigenvalue weighted by atomic mass is 79.9. The molecular formula is C15H11BrClNO3. The lowest BCUT2D eigenvalue weighted by Gasteiger charge is -2.08. The molecule has 21 heavy (non-hydrogen) atoms. The van der Waals surface area contributed by atoms with Crippen LogP contribution in [0.4, 0.5) is 5.69 Å². The van der Waals surface area contributed by atoms with Gasteiger partial charge in [-0.15, -0.1) is 0 Å². The maximum atomic E-state index is 12.1. The number of esters is 1. The first-order chi connectivity index (χ1) is 10.0. The number of anilines is 1. The summed E-state index contributed by atoms with van der Waals surface area (Å²) in [5, 5.41) is 3.14. The summed E-state index contributed by atoms with van der Waals surface area (Å²) >= 11 is 9.34. The normalized spacial score (nSPS) is 10.0. The maximum Gasteiger partial charge on any atom is 0.337 e. The summed E-state index contributed by atoms with van der Waals surface area (Å²) in [5.41, 5.74) is 1.32. The van der Waals surface area contributed by atoms with Crippen LogP contribution in [0.2, 0.25) is 5.02 Å². The third-order valence-corrected chi connectivity index (χ3v) is 3.55. The van der Waals surface area contributed by atoms with Crippen molar-refractivity contribution in [2.45, 2.75) is 0 Å². The van der Waals surface area contributed by atoms with Crippen molar-refractivity contribution >= 4 is 45.1 Å². The first kappa shape index (κ1) is 15.5. The molecule has 0 aromatic heterocycles. The number of amides is 1. The number of hydrogen-bond donors (Lipinski definition) is 1. The zero-order valence-corrected chi connectivity index (χ0v) is 13.4. The Morgan fingerprint density at radius 3 is 2.29 bits per heavy atom. The van der Waals surface area contributed by atoms with E-state index >= 15 is 0 Å². The van der Waals surface area contributed by atoms with Gasteiger partial charge >= 0.3 is 5.97 Å². The summed E-state index contributed by atoms with van der Waals surface area (Å²) in [6, 6.07) is 11.3. The van der Waals surface area contributed by atoms with E-state index in [1.54, 1.807) is 30.3 Å². The molecule has 0 aliphatic heterocycles. The van der Waals surface area contributed by atoms with E-state index in [1.165, 1.54) is 19.2 Å². The Morgan fingerprint density at radius 2 is 1.71 bits per heavy atom. The first-order valence-electron chi connectivity index (χ1n) is 5.96. The van der Waals surface area contributed by atoms with Crippen LogP contribution in [0.5, 0.6) is 0 Å². The summed E-state index contributed by atoms with van der Waals surface area (Å²) in [4.78, 5) is 23.4. The Labute approximate surface area is 135 Å². The maximum absolute atomic E-state index is 12.1. The molecule has 0 unspecified atom stereocenters. The molecule has 1 N–H and O–H groups in total. The van der Waals surface area contributed by atoms with Crippen molar-refractivity contribution < 1.29 is 14.3 Å². The van der Waals surface area contributed by atoms with Crippen LogP contribution in [-0.2, 0) is 4.74 Å². The number of carbonyl (C=O) groups is 2. The number of rotatable bonds is 3. The quantitative estimate of drug-likeness (QED) is 0.828. The van der Waals surface area contributed by atoms with Crippen molar-refractivity contribution in [1.82, 2.24) is 0 Å². The van der Waals surface area contributed by atoms with E-state index in [1.807, 2.05) is 0 Å².